The van der Waals surface area contributed by atoms with Crippen LogP contribution in [0.25, 0.3) is 0 Å². The number of rotatable bonds is 6. The van der Waals surface area contributed by atoms with Crippen molar-refractivity contribution in [1.82, 2.24) is 5.32 Å². The molecular formula is C23H31NO3. The first-order valence-electron chi connectivity index (χ1n) is 10.3. The molecular weight excluding hydrogens is 338 g/mol. The van der Waals surface area contributed by atoms with Gasteiger partial charge < -0.3 is 14.8 Å². The maximum atomic E-state index is 12.6. The Kier molecular flexibility index (Phi) is 7.74. The molecule has 1 aromatic carbocycles. The van der Waals surface area contributed by atoms with Gasteiger partial charge in [0.15, 0.2) is 6.10 Å². The maximum Gasteiger partial charge on any atom is 0.252 e. The molecule has 2 aliphatic rings. The molecule has 4 heteroatoms. The number of benzene rings is 1. The molecule has 1 aliphatic carbocycles. The highest BCUT2D eigenvalue weighted by Gasteiger charge is 2.43. The Morgan fingerprint density at radius 3 is 2.56 bits per heavy atom. The van der Waals surface area contributed by atoms with Crippen LogP contribution in [0.4, 0.5) is 0 Å². The molecule has 2 fully saturated rings. The second-order valence-electron chi connectivity index (χ2n) is 7.69. The first kappa shape index (κ1) is 19.9. The summed E-state index contributed by atoms with van der Waals surface area (Å²) in [6, 6.07) is 10.1. The molecule has 4 nitrogen and oxygen atoms in total. The van der Waals surface area contributed by atoms with Crippen LogP contribution in [0.5, 0.6) is 0 Å². The third-order valence-corrected chi connectivity index (χ3v) is 5.73. The highest BCUT2D eigenvalue weighted by molar-refractivity contribution is 5.82. The zero-order chi connectivity index (χ0) is 18.9. The van der Waals surface area contributed by atoms with Crippen LogP contribution >= 0.6 is 0 Å². The quantitative estimate of drug-likeness (QED) is 0.775. The summed E-state index contributed by atoms with van der Waals surface area (Å²) in [7, 11) is 0. The van der Waals surface area contributed by atoms with Gasteiger partial charge in [0.2, 0.25) is 0 Å². The summed E-state index contributed by atoms with van der Waals surface area (Å²) in [6.45, 7) is 0.712. The van der Waals surface area contributed by atoms with E-state index in [4.69, 9.17) is 15.9 Å². The lowest BCUT2D eigenvalue weighted by Crippen LogP contribution is -2.41. The van der Waals surface area contributed by atoms with Crippen molar-refractivity contribution < 1.29 is 14.3 Å². The predicted octanol–water partition coefficient (Wildman–Crippen LogP) is 3.84. The van der Waals surface area contributed by atoms with Crippen LogP contribution in [0.1, 0.15) is 56.9 Å². The minimum atomic E-state index is -0.572. The summed E-state index contributed by atoms with van der Waals surface area (Å²) in [5.41, 5.74) is 1.11. The van der Waals surface area contributed by atoms with E-state index in [1.165, 1.54) is 44.9 Å². The Balaban J connectivity index is 1.63. The van der Waals surface area contributed by atoms with Gasteiger partial charge in [-0.1, -0.05) is 68.4 Å². The predicted molar refractivity (Wildman–Crippen MR) is 106 cm³/mol. The highest BCUT2D eigenvalue weighted by atomic mass is 16.6. The van der Waals surface area contributed by atoms with E-state index in [0.29, 0.717) is 12.5 Å². The molecule has 0 bridgehead atoms. The van der Waals surface area contributed by atoms with Crippen molar-refractivity contribution in [2.24, 2.45) is 5.92 Å². The van der Waals surface area contributed by atoms with Gasteiger partial charge in [-0.15, -0.1) is 6.42 Å². The third-order valence-electron chi connectivity index (χ3n) is 5.73. The zero-order valence-corrected chi connectivity index (χ0v) is 16.1. The van der Waals surface area contributed by atoms with Crippen molar-refractivity contribution in [2.75, 3.05) is 6.54 Å². The lowest BCUT2D eigenvalue weighted by molar-refractivity contribution is -0.139. The van der Waals surface area contributed by atoms with E-state index in [0.717, 1.165) is 12.0 Å². The van der Waals surface area contributed by atoms with Crippen LogP contribution in [0.2, 0.25) is 0 Å². The van der Waals surface area contributed by atoms with E-state index in [-0.39, 0.29) is 24.7 Å². The molecule has 146 valence electrons. The number of hydrogen-bond donors (Lipinski definition) is 1. The number of nitrogens with one attached hydrogen (secondary N) is 1. The second kappa shape index (κ2) is 10.5. The highest BCUT2D eigenvalue weighted by Crippen LogP contribution is 2.35. The molecule has 0 spiro atoms. The smallest absolute Gasteiger partial charge is 0.252 e. The van der Waals surface area contributed by atoms with E-state index < -0.39 is 6.10 Å². The number of carbonyl (C=O) groups excluding carboxylic acids is 1. The Morgan fingerprint density at radius 2 is 1.85 bits per heavy atom. The van der Waals surface area contributed by atoms with Crippen LogP contribution in [0.3, 0.4) is 0 Å². The van der Waals surface area contributed by atoms with E-state index in [9.17, 15) is 4.79 Å². The molecule has 1 aliphatic heterocycles. The van der Waals surface area contributed by atoms with Crippen LogP contribution in [-0.4, -0.2) is 30.8 Å². The Hall–Kier alpha value is -1.83. The van der Waals surface area contributed by atoms with Crippen molar-refractivity contribution in [3.8, 4) is 12.3 Å². The van der Waals surface area contributed by atoms with Gasteiger partial charge in [0.1, 0.15) is 0 Å². The lowest BCUT2D eigenvalue weighted by Gasteiger charge is -2.25. The molecule has 1 amide bonds. The third kappa shape index (κ3) is 5.82. The van der Waals surface area contributed by atoms with Gasteiger partial charge in [0, 0.05) is 6.42 Å². The summed E-state index contributed by atoms with van der Waals surface area (Å²) in [5, 5.41) is 2.77. The zero-order valence-electron chi connectivity index (χ0n) is 16.1. The number of carbonyl (C=O) groups is 1. The molecule has 3 rings (SSSR count). The van der Waals surface area contributed by atoms with Gasteiger partial charge in [-0.3, -0.25) is 4.79 Å². The minimum Gasteiger partial charge on any atom is -0.370 e. The molecule has 1 heterocycles. The van der Waals surface area contributed by atoms with Gasteiger partial charge in [-0.05, 0) is 24.3 Å². The molecule has 3 atom stereocenters. The summed E-state index contributed by atoms with van der Waals surface area (Å²) < 4.78 is 12.4. The van der Waals surface area contributed by atoms with E-state index in [2.05, 4.69) is 11.2 Å². The van der Waals surface area contributed by atoms with Crippen LogP contribution in [-0.2, 0) is 20.9 Å². The van der Waals surface area contributed by atoms with Gasteiger partial charge in [-0.25, -0.2) is 0 Å². The van der Waals surface area contributed by atoms with Crippen LogP contribution in [0.15, 0.2) is 30.3 Å². The van der Waals surface area contributed by atoms with Crippen molar-refractivity contribution in [3.63, 3.8) is 0 Å². The molecule has 1 saturated carbocycles. The van der Waals surface area contributed by atoms with E-state index in [1.807, 2.05) is 30.3 Å². The Labute approximate surface area is 163 Å². The van der Waals surface area contributed by atoms with Crippen molar-refractivity contribution in [3.05, 3.63) is 35.9 Å². The summed E-state index contributed by atoms with van der Waals surface area (Å²) in [4.78, 5) is 12.6. The molecule has 1 N–H and O–H groups in total. The summed E-state index contributed by atoms with van der Waals surface area (Å²) >= 11 is 0. The number of hydrogen-bond acceptors (Lipinski definition) is 3. The number of terminal acetylenes is 1. The molecule has 1 aromatic rings. The van der Waals surface area contributed by atoms with Crippen molar-refractivity contribution in [2.45, 2.75) is 76.3 Å². The molecule has 27 heavy (non-hydrogen) atoms. The first-order chi connectivity index (χ1) is 13.3. The SMILES string of the molecule is C#CCNC(=O)C1O[C@@H](C2CCCCCCC2)C[C@H]1OCc1ccccc1. The number of ether oxygens (including phenoxy) is 2. The van der Waals surface area contributed by atoms with Gasteiger partial charge in [0.05, 0.1) is 25.4 Å². The fraction of sp³-hybridized carbons (Fsp3) is 0.609. The van der Waals surface area contributed by atoms with Gasteiger partial charge in [-0.2, -0.15) is 0 Å². The number of amides is 1. The molecule has 0 radical (unpaired) electrons. The normalized spacial score (nSPS) is 26.7. The maximum absolute atomic E-state index is 12.6. The van der Waals surface area contributed by atoms with Gasteiger partial charge in [0.25, 0.3) is 5.91 Å². The minimum absolute atomic E-state index is 0.102. The largest absolute Gasteiger partial charge is 0.370 e. The fourth-order valence-electron chi connectivity index (χ4n) is 4.25. The van der Waals surface area contributed by atoms with E-state index >= 15 is 0 Å². The summed E-state index contributed by atoms with van der Waals surface area (Å²) in [6.07, 6.45) is 14.2. The lowest BCUT2D eigenvalue weighted by atomic mass is 9.86. The van der Waals surface area contributed by atoms with E-state index in [1.54, 1.807) is 0 Å². The Bertz CT molecular complexity index is 616. The van der Waals surface area contributed by atoms with Gasteiger partial charge >= 0.3 is 0 Å². The first-order valence-corrected chi connectivity index (χ1v) is 10.3. The molecule has 0 aromatic heterocycles. The van der Waals surface area contributed by atoms with Crippen molar-refractivity contribution >= 4 is 5.91 Å². The summed E-state index contributed by atoms with van der Waals surface area (Å²) in [5.74, 6) is 2.83. The van der Waals surface area contributed by atoms with Crippen LogP contribution in [0, 0.1) is 18.3 Å². The second-order valence-corrected chi connectivity index (χ2v) is 7.69. The van der Waals surface area contributed by atoms with Crippen LogP contribution < -0.4 is 5.32 Å². The average molecular weight is 370 g/mol. The molecule has 1 unspecified atom stereocenters. The molecule has 1 saturated heterocycles. The average Bonchev–Trinajstić information content (AvgIpc) is 3.09. The van der Waals surface area contributed by atoms with Crippen molar-refractivity contribution in [1.29, 1.82) is 0 Å². The fourth-order valence-corrected chi connectivity index (χ4v) is 4.25. The topological polar surface area (TPSA) is 47.6 Å². The Morgan fingerprint density at radius 1 is 1.15 bits per heavy atom. The standard InChI is InChI=1S/C23H31NO3/c1-2-15-24-23(25)22-21(26-17-18-11-7-6-8-12-18)16-20(27-22)19-13-9-4-3-5-10-14-19/h1,6-8,11-12,19-22H,3-5,9-10,13-17H2,(H,24,25)/t20-,21-,22?/m1/s1. The monoisotopic (exact) mass is 369 g/mol.